The SMILES string of the molecule is CCC(CC)c1nnc(NC(=O)C2CCN(S(=O)(=O)c3ccccc3C#N)CC2)s1. The Balaban J connectivity index is 1.61. The number of carbonyl (C=O) groups excluding carboxylic acids is 1. The molecule has 3 rings (SSSR count). The molecule has 10 heteroatoms. The molecule has 1 N–H and O–H groups in total. The second-order valence-electron chi connectivity index (χ2n) is 7.23. The number of sulfonamides is 1. The van der Waals surface area contributed by atoms with E-state index in [0.29, 0.717) is 23.9 Å². The largest absolute Gasteiger partial charge is 0.300 e. The molecular weight excluding hydrogens is 422 g/mol. The van der Waals surface area contributed by atoms with Gasteiger partial charge in [0.15, 0.2) is 0 Å². The van der Waals surface area contributed by atoms with E-state index in [9.17, 15) is 18.5 Å². The average Bonchev–Trinajstić information content (AvgIpc) is 3.22. The number of nitriles is 1. The summed E-state index contributed by atoms with van der Waals surface area (Å²) in [4.78, 5) is 12.6. The van der Waals surface area contributed by atoms with Crippen LogP contribution in [0.3, 0.4) is 0 Å². The van der Waals surface area contributed by atoms with Gasteiger partial charge in [0.1, 0.15) is 11.1 Å². The van der Waals surface area contributed by atoms with Crippen molar-refractivity contribution in [3.63, 3.8) is 0 Å². The first-order chi connectivity index (χ1) is 14.4. The Morgan fingerprint density at radius 3 is 2.57 bits per heavy atom. The van der Waals surface area contributed by atoms with Gasteiger partial charge < -0.3 is 5.32 Å². The Labute approximate surface area is 181 Å². The van der Waals surface area contributed by atoms with Gasteiger partial charge in [-0.3, -0.25) is 4.79 Å². The lowest BCUT2D eigenvalue weighted by Crippen LogP contribution is -2.41. The predicted octanol–water partition coefficient (Wildman–Crippen LogP) is 3.35. The van der Waals surface area contributed by atoms with Crippen LogP contribution in [0, 0.1) is 17.2 Å². The van der Waals surface area contributed by atoms with Crippen molar-refractivity contribution in [1.82, 2.24) is 14.5 Å². The Bertz CT molecular complexity index is 1030. The number of benzene rings is 1. The second-order valence-corrected chi connectivity index (χ2v) is 10.1. The molecule has 2 heterocycles. The summed E-state index contributed by atoms with van der Waals surface area (Å²) >= 11 is 1.40. The third-order valence-electron chi connectivity index (χ3n) is 5.46. The maximum absolute atomic E-state index is 12.9. The Morgan fingerprint density at radius 2 is 1.93 bits per heavy atom. The summed E-state index contributed by atoms with van der Waals surface area (Å²) in [5, 5.41) is 21.7. The zero-order valence-corrected chi connectivity index (χ0v) is 18.7. The topological polar surface area (TPSA) is 116 Å². The minimum atomic E-state index is -3.77. The molecular formula is C20H25N5O3S2. The highest BCUT2D eigenvalue weighted by Gasteiger charge is 2.33. The van der Waals surface area contributed by atoms with Crippen LogP contribution in [0.15, 0.2) is 29.2 Å². The first kappa shape index (κ1) is 22.3. The number of hydrogen-bond acceptors (Lipinski definition) is 7. The van der Waals surface area contributed by atoms with Gasteiger partial charge in [0.05, 0.1) is 10.5 Å². The second kappa shape index (κ2) is 9.64. The highest BCUT2D eigenvalue weighted by Crippen LogP contribution is 2.30. The van der Waals surface area contributed by atoms with Crippen LogP contribution in [-0.2, 0) is 14.8 Å². The van der Waals surface area contributed by atoms with Gasteiger partial charge in [-0.1, -0.05) is 37.3 Å². The van der Waals surface area contributed by atoms with Gasteiger partial charge in [0, 0.05) is 24.9 Å². The summed E-state index contributed by atoms with van der Waals surface area (Å²) in [6, 6.07) is 8.10. The van der Waals surface area contributed by atoms with Crippen molar-refractivity contribution >= 4 is 32.4 Å². The summed E-state index contributed by atoms with van der Waals surface area (Å²) in [6.45, 7) is 4.67. The summed E-state index contributed by atoms with van der Waals surface area (Å²) < 4.78 is 27.2. The highest BCUT2D eigenvalue weighted by molar-refractivity contribution is 7.89. The maximum Gasteiger partial charge on any atom is 0.244 e. The first-order valence-electron chi connectivity index (χ1n) is 10.0. The van der Waals surface area contributed by atoms with Crippen molar-refractivity contribution in [3.05, 3.63) is 34.8 Å². The van der Waals surface area contributed by atoms with Gasteiger partial charge in [-0.2, -0.15) is 9.57 Å². The van der Waals surface area contributed by atoms with E-state index in [0.717, 1.165) is 17.8 Å². The van der Waals surface area contributed by atoms with Gasteiger partial charge in [-0.15, -0.1) is 10.2 Å². The molecule has 0 atom stereocenters. The van der Waals surface area contributed by atoms with Gasteiger partial charge in [0.2, 0.25) is 21.1 Å². The van der Waals surface area contributed by atoms with Crippen LogP contribution in [0.1, 0.15) is 56.0 Å². The summed E-state index contributed by atoms with van der Waals surface area (Å²) in [7, 11) is -3.77. The zero-order valence-electron chi connectivity index (χ0n) is 17.0. The Morgan fingerprint density at radius 1 is 1.27 bits per heavy atom. The molecule has 1 aliphatic heterocycles. The third kappa shape index (κ3) is 4.69. The number of amides is 1. The molecule has 0 saturated carbocycles. The molecule has 1 fully saturated rings. The van der Waals surface area contributed by atoms with Crippen LogP contribution < -0.4 is 5.32 Å². The lowest BCUT2D eigenvalue weighted by Gasteiger charge is -2.30. The molecule has 2 aromatic rings. The maximum atomic E-state index is 12.9. The number of aromatic nitrogens is 2. The quantitative estimate of drug-likeness (QED) is 0.696. The van der Waals surface area contributed by atoms with E-state index in [-0.39, 0.29) is 35.4 Å². The molecule has 160 valence electrons. The van der Waals surface area contributed by atoms with Crippen LogP contribution in [0.2, 0.25) is 0 Å². The molecule has 8 nitrogen and oxygen atoms in total. The number of rotatable bonds is 7. The van der Waals surface area contributed by atoms with Crippen molar-refractivity contribution in [2.24, 2.45) is 5.92 Å². The fraction of sp³-hybridized carbons (Fsp3) is 0.500. The van der Waals surface area contributed by atoms with Crippen molar-refractivity contribution < 1.29 is 13.2 Å². The molecule has 0 aliphatic carbocycles. The molecule has 1 aromatic heterocycles. The van der Waals surface area contributed by atoms with E-state index >= 15 is 0 Å². The Hall–Kier alpha value is -2.35. The van der Waals surface area contributed by atoms with Gasteiger partial charge in [-0.25, -0.2) is 8.42 Å². The van der Waals surface area contributed by atoms with Gasteiger partial charge in [0.25, 0.3) is 0 Å². The molecule has 1 aromatic carbocycles. The van der Waals surface area contributed by atoms with Gasteiger partial charge in [-0.05, 0) is 37.8 Å². The number of nitrogens with one attached hydrogen (secondary N) is 1. The van der Waals surface area contributed by atoms with E-state index in [1.54, 1.807) is 12.1 Å². The minimum absolute atomic E-state index is 0.0122. The number of nitrogens with zero attached hydrogens (tertiary/aromatic N) is 4. The van der Waals surface area contributed by atoms with Crippen LogP contribution in [-0.4, -0.2) is 41.9 Å². The number of anilines is 1. The summed E-state index contributed by atoms with van der Waals surface area (Å²) in [5.41, 5.74) is 0.127. The lowest BCUT2D eigenvalue weighted by molar-refractivity contribution is -0.120. The molecule has 0 bridgehead atoms. The van der Waals surface area contributed by atoms with E-state index in [1.165, 1.54) is 27.8 Å². The number of piperidine rings is 1. The molecule has 0 unspecified atom stereocenters. The lowest BCUT2D eigenvalue weighted by atomic mass is 9.97. The number of carbonyl (C=O) groups is 1. The van der Waals surface area contributed by atoms with Gasteiger partial charge >= 0.3 is 0 Å². The van der Waals surface area contributed by atoms with E-state index in [2.05, 4.69) is 29.4 Å². The molecule has 1 saturated heterocycles. The molecule has 30 heavy (non-hydrogen) atoms. The van der Waals surface area contributed by atoms with E-state index in [1.807, 2.05) is 6.07 Å². The fourth-order valence-electron chi connectivity index (χ4n) is 3.58. The molecule has 1 aliphatic rings. The molecule has 0 spiro atoms. The van der Waals surface area contributed by atoms with Crippen molar-refractivity contribution in [1.29, 1.82) is 5.26 Å². The van der Waals surface area contributed by atoms with Crippen molar-refractivity contribution in [3.8, 4) is 6.07 Å². The van der Waals surface area contributed by atoms with Crippen molar-refractivity contribution in [2.45, 2.75) is 50.3 Å². The van der Waals surface area contributed by atoms with Crippen molar-refractivity contribution in [2.75, 3.05) is 18.4 Å². The molecule has 1 amide bonds. The summed E-state index contributed by atoms with van der Waals surface area (Å²) in [6.07, 6.45) is 2.78. The predicted molar refractivity (Wildman–Crippen MR) is 115 cm³/mol. The average molecular weight is 448 g/mol. The fourth-order valence-corrected chi connectivity index (χ4v) is 6.20. The van der Waals surface area contributed by atoms with Crippen LogP contribution in [0.25, 0.3) is 0 Å². The van der Waals surface area contributed by atoms with Crippen LogP contribution in [0.5, 0.6) is 0 Å². The Kier molecular flexibility index (Phi) is 7.18. The van der Waals surface area contributed by atoms with E-state index in [4.69, 9.17) is 0 Å². The van der Waals surface area contributed by atoms with Crippen LogP contribution >= 0.6 is 11.3 Å². The first-order valence-corrected chi connectivity index (χ1v) is 12.3. The minimum Gasteiger partial charge on any atom is -0.300 e. The number of hydrogen-bond donors (Lipinski definition) is 1. The van der Waals surface area contributed by atoms with E-state index < -0.39 is 10.0 Å². The summed E-state index contributed by atoms with van der Waals surface area (Å²) in [5.74, 6) is -0.0993. The van der Waals surface area contributed by atoms with Crippen LogP contribution in [0.4, 0.5) is 5.13 Å². The normalized spacial score (nSPS) is 15.8. The smallest absolute Gasteiger partial charge is 0.244 e. The highest BCUT2D eigenvalue weighted by atomic mass is 32.2. The third-order valence-corrected chi connectivity index (χ3v) is 8.41. The molecule has 0 radical (unpaired) electrons. The monoisotopic (exact) mass is 447 g/mol. The zero-order chi connectivity index (χ0) is 21.7. The standard InChI is InChI=1S/C20H25N5O3S2/c1-3-14(4-2)19-23-24-20(29-19)22-18(26)15-9-11-25(12-10-15)30(27,28)17-8-6-5-7-16(17)13-21/h5-8,14-15H,3-4,9-12H2,1-2H3,(H,22,24,26).